The molecule has 1 unspecified atom stereocenters. The van der Waals surface area contributed by atoms with Gasteiger partial charge in [0.05, 0.1) is 13.6 Å². The van der Waals surface area contributed by atoms with E-state index in [1.165, 1.54) is 11.3 Å². The number of nitrogens with two attached hydrogens (primary N) is 1. The van der Waals surface area contributed by atoms with Crippen molar-refractivity contribution in [1.29, 1.82) is 0 Å². The minimum Gasteiger partial charge on any atom is -0.330 e. The van der Waals surface area contributed by atoms with Gasteiger partial charge in [0.15, 0.2) is 17.2 Å². The summed E-state index contributed by atoms with van der Waals surface area (Å²) in [5.41, 5.74) is 8.12. The van der Waals surface area contributed by atoms with Crippen LogP contribution in [0.2, 0.25) is 0 Å². The summed E-state index contributed by atoms with van der Waals surface area (Å²) in [5, 5.41) is 5.20. The Balaban J connectivity index is 1.81. The zero-order chi connectivity index (χ0) is 15.6. The lowest BCUT2D eigenvalue weighted by atomic mass is 10.1. The van der Waals surface area contributed by atoms with Crippen molar-refractivity contribution in [2.75, 3.05) is 25.5 Å². The molecule has 2 heterocycles. The van der Waals surface area contributed by atoms with Crippen molar-refractivity contribution in [3.05, 3.63) is 35.3 Å². The van der Waals surface area contributed by atoms with Gasteiger partial charge in [-0.3, -0.25) is 10.1 Å². The van der Waals surface area contributed by atoms with Gasteiger partial charge >= 0.3 is 0 Å². The summed E-state index contributed by atoms with van der Waals surface area (Å²) in [6, 6.07) is 5.62. The summed E-state index contributed by atoms with van der Waals surface area (Å²) in [6.45, 7) is 1.56. The van der Waals surface area contributed by atoms with Gasteiger partial charge in [0.2, 0.25) is 0 Å². The molecule has 2 aromatic rings. The molecule has 3 N–H and O–H groups in total. The van der Waals surface area contributed by atoms with Gasteiger partial charge in [0, 0.05) is 29.6 Å². The number of fused-ring (bicyclic) bond motifs is 1. The van der Waals surface area contributed by atoms with Crippen LogP contribution in [0, 0.1) is 0 Å². The Morgan fingerprint density at radius 2 is 2.32 bits per heavy atom. The van der Waals surface area contributed by atoms with E-state index in [1.807, 2.05) is 29.9 Å². The van der Waals surface area contributed by atoms with Crippen molar-refractivity contribution in [1.82, 2.24) is 9.47 Å². The maximum Gasteiger partial charge on any atom is 0.257 e. The molecule has 7 heteroatoms. The van der Waals surface area contributed by atoms with Crippen LogP contribution in [0.1, 0.15) is 16.8 Å². The molecule has 1 aromatic carbocycles. The van der Waals surface area contributed by atoms with E-state index in [2.05, 4.69) is 22.3 Å². The van der Waals surface area contributed by atoms with Crippen LogP contribution in [0.4, 0.5) is 16.5 Å². The third-order valence-corrected chi connectivity index (χ3v) is 4.41. The second kappa shape index (κ2) is 5.96. The maximum absolute atomic E-state index is 12.2. The number of aliphatic imine (C=N–C) groups is 1. The highest BCUT2D eigenvalue weighted by atomic mass is 32.1. The fraction of sp³-hybridized carbons (Fsp3) is 0.267. The third kappa shape index (κ3) is 2.78. The first-order valence-corrected chi connectivity index (χ1v) is 7.96. The van der Waals surface area contributed by atoms with E-state index in [1.54, 1.807) is 6.20 Å². The van der Waals surface area contributed by atoms with Crippen molar-refractivity contribution < 1.29 is 4.79 Å². The summed E-state index contributed by atoms with van der Waals surface area (Å²) in [4.78, 5) is 20.7. The van der Waals surface area contributed by atoms with Crippen molar-refractivity contribution in [2.24, 2.45) is 10.7 Å². The van der Waals surface area contributed by atoms with Crippen molar-refractivity contribution in [3.8, 4) is 0 Å². The van der Waals surface area contributed by atoms with E-state index >= 15 is 0 Å². The average Bonchev–Trinajstić information content (AvgIpc) is 3.14. The highest BCUT2D eigenvalue weighted by molar-refractivity contribution is 7.13. The van der Waals surface area contributed by atoms with Gasteiger partial charge in [-0.15, -0.1) is 11.3 Å². The molecule has 1 atom stereocenters. The Morgan fingerprint density at radius 1 is 1.45 bits per heavy atom. The molecule has 0 saturated carbocycles. The smallest absolute Gasteiger partial charge is 0.257 e. The quantitative estimate of drug-likeness (QED) is 0.831. The number of carbonyl (C=O) groups is 1. The summed E-state index contributed by atoms with van der Waals surface area (Å²) in [7, 11) is 2.10. The molecule has 22 heavy (non-hydrogen) atoms. The van der Waals surface area contributed by atoms with E-state index < -0.39 is 0 Å². The first-order valence-electron chi connectivity index (χ1n) is 7.08. The lowest BCUT2D eigenvalue weighted by Gasteiger charge is -2.25. The summed E-state index contributed by atoms with van der Waals surface area (Å²) in [6.07, 6.45) is 4.49. The average molecular weight is 316 g/mol. The number of nitrogens with zero attached hydrogens (tertiary/aromatic N) is 3. The van der Waals surface area contributed by atoms with Crippen LogP contribution in [-0.2, 0) is 0 Å². The number of nitrogens with one attached hydrogen (secondary N) is 1. The molecule has 0 fully saturated rings. The first kappa shape index (κ1) is 14.8. The zero-order valence-electron chi connectivity index (χ0n) is 12.3. The SMILES string of the molecule is C[N+]1(CCCN)C=Nc2cc(C(=O)Nc3nccs3)ccc21. The number of amides is 1. The fourth-order valence-electron chi connectivity index (χ4n) is 2.50. The topological polar surface area (TPSA) is 80.4 Å². The number of thiazole rings is 1. The van der Waals surface area contributed by atoms with Gasteiger partial charge in [-0.1, -0.05) is 0 Å². The molecule has 0 spiro atoms. The zero-order valence-corrected chi connectivity index (χ0v) is 13.1. The Labute approximate surface area is 132 Å². The number of hydrogen-bond donors (Lipinski definition) is 2. The summed E-state index contributed by atoms with van der Waals surface area (Å²) in [5.74, 6) is -0.170. The fourth-order valence-corrected chi connectivity index (χ4v) is 3.03. The normalized spacial score (nSPS) is 19.2. The van der Waals surface area contributed by atoms with Gasteiger partial charge in [-0.2, -0.15) is 4.99 Å². The molecular weight excluding hydrogens is 298 g/mol. The Bertz CT molecular complexity index is 713. The molecule has 0 saturated heterocycles. The van der Waals surface area contributed by atoms with E-state index in [4.69, 9.17) is 5.73 Å². The predicted octanol–water partition coefficient (Wildman–Crippen LogP) is 2.35. The number of hydrogen-bond acceptors (Lipinski definition) is 5. The van der Waals surface area contributed by atoms with Crippen LogP contribution >= 0.6 is 11.3 Å². The van der Waals surface area contributed by atoms with Crippen molar-refractivity contribution in [3.63, 3.8) is 0 Å². The largest absolute Gasteiger partial charge is 0.330 e. The number of rotatable bonds is 5. The number of quaternary nitrogens is 1. The van der Waals surface area contributed by atoms with Crippen LogP contribution in [-0.4, -0.2) is 37.4 Å². The molecule has 1 aliphatic rings. The molecule has 114 valence electrons. The minimum atomic E-state index is -0.170. The number of carbonyl (C=O) groups excluding carboxylic acids is 1. The lowest BCUT2D eigenvalue weighted by Crippen LogP contribution is -2.43. The summed E-state index contributed by atoms with van der Waals surface area (Å²) >= 11 is 1.39. The molecule has 3 rings (SSSR count). The van der Waals surface area contributed by atoms with Gasteiger partial charge in [0.1, 0.15) is 5.69 Å². The third-order valence-electron chi connectivity index (χ3n) is 3.72. The first-order chi connectivity index (χ1) is 10.6. The number of benzene rings is 1. The number of anilines is 1. The monoisotopic (exact) mass is 316 g/mol. The summed E-state index contributed by atoms with van der Waals surface area (Å²) < 4.78 is 0.626. The van der Waals surface area contributed by atoms with Crippen molar-refractivity contribution >= 4 is 40.1 Å². The van der Waals surface area contributed by atoms with Gasteiger partial charge < -0.3 is 5.73 Å². The van der Waals surface area contributed by atoms with Crippen LogP contribution in [0.3, 0.4) is 0 Å². The molecule has 0 radical (unpaired) electrons. The Morgan fingerprint density at radius 3 is 3.05 bits per heavy atom. The second-order valence-electron chi connectivity index (χ2n) is 5.37. The maximum atomic E-state index is 12.2. The van der Waals surface area contributed by atoms with Crippen LogP contribution in [0.5, 0.6) is 0 Å². The van der Waals surface area contributed by atoms with Crippen LogP contribution in [0.15, 0.2) is 34.8 Å². The van der Waals surface area contributed by atoms with E-state index in [0.717, 1.165) is 24.3 Å². The Kier molecular flexibility index (Phi) is 4.02. The van der Waals surface area contributed by atoms with Crippen LogP contribution < -0.4 is 15.5 Å². The molecule has 1 aliphatic heterocycles. The van der Waals surface area contributed by atoms with Gasteiger partial charge in [-0.25, -0.2) is 9.47 Å². The molecule has 6 nitrogen and oxygen atoms in total. The Hall–Kier alpha value is -2.09. The predicted molar refractivity (Wildman–Crippen MR) is 90.9 cm³/mol. The van der Waals surface area contributed by atoms with Crippen LogP contribution in [0.25, 0.3) is 0 Å². The highest BCUT2D eigenvalue weighted by Crippen LogP contribution is 2.37. The van der Waals surface area contributed by atoms with Gasteiger partial charge in [0.25, 0.3) is 5.91 Å². The van der Waals surface area contributed by atoms with E-state index in [0.29, 0.717) is 21.7 Å². The molecule has 1 aromatic heterocycles. The standard InChI is InChI=1S/C15H17N5OS/c1-20(7-2-5-16)10-18-12-9-11(3-4-13(12)20)14(21)19-15-17-6-8-22-15/h3-4,6,8-10H,2,5,7,16H2,1H3/p+1. The number of aromatic nitrogens is 1. The molecule has 0 aliphatic carbocycles. The van der Waals surface area contributed by atoms with Gasteiger partial charge in [-0.05, 0) is 18.7 Å². The highest BCUT2D eigenvalue weighted by Gasteiger charge is 2.31. The lowest BCUT2D eigenvalue weighted by molar-refractivity contribution is 0.102. The molecule has 1 amide bonds. The van der Waals surface area contributed by atoms with E-state index in [9.17, 15) is 4.79 Å². The molecule has 0 bridgehead atoms. The molecular formula is C15H18N5OS+. The second-order valence-corrected chi connectivity index (χ2v) is 6.27. The minimum absolute atomic E-state index is 0.170. The van der Waals surface area contributed by atoms with E-state index in [-0.39, 0.29) is 5.91 Å². The van der Waals surface area contributed by atoms with Crippen molar-refractivity contribution in [2.45, 2.75) is 6.42 Å².